The van der Waals surface area contributed by atoms with Gasteiger partial charge in [0.1, 0.15) is 5.75 Å². The second kappa shape index (κ2) is 4.25. The standard InChI is InChI=1S/C10H15NO2/c1-7(2)9-5-3-4-8(6-11-13)10(9)12/h3-5,7,11-13H,6H2,1-2H3. The lowest BCUT2D eigenvalue weighted by atomic mass is 9.99. The summed E-state index contributed by atoms with van der Waals surface area (Å²) in [5.74, 6) is 0.567. The molecule has 0 bridgehead atoms. The molecule has 13 heavy (non-hydrogen) atoms. The molecule has 0 aromatic heterocycles. The molecule has 3 heteroatoms. The molecule has 72 valence electrons. The summed E-state index contributed by atoms with van der Waals surface area (Å²) in [6, 6.07) is 5.55. The predicted octanol–water partition coefficient (Wildman–Crippen LogP) is 1.99. The first-order valence-electron chi connectivity index (χ1n) is 4.34. The first kappa shape index (κ1) is 10.0. The smallest absolute Gasteiger partial charge is 0.123 e. The normalized spacial score (nSPS) is 10.8. The fourth-order valence-corrected chi connectivity index (χ4v) is 1.30. The van der Waals surface area contributed by atoms with Gasteiger partial charge in [-0.15, -0.1) is 0 Å². The van der Waals surface area contributed by atoms with Gasteiger partial charge in [-0.05, 0) is 11.5 Å². The van der Waals surface area contributed by atoms with Crippen LogP contribution in [0.5, 0.6) is 5.75 Å². The zero-order chi connectivity index (χ0) is 9.84. The summed E-state index contributed by atoms with van der Waals surface area (Å²) in [6.45, 7) is 4.31. The molecule has 0 aliphatic heterocycles. The molecule has 0 atom stereocenters. The third-order valence-corrected chi connectivity index (χ3v) is 2.04. The van der Waals surface area contributed by atoms with Gasteiger partial charge in [0, 0.05) is 12.1 Å². The minimum absolute atomic E-state index is 0.270. The highest BCUT2D eigenvalue weighted by molar-refractivity contribution is 5.41. The fourth-order valence-electron chi connectivity index (χ4n) is 1.30. The van der Waals surface area contributed by atoms with Crippen molar-refractivity contribution in [2.24, 2.45) is 0 Å². The molecule has 0 spiro atoms. The highest BCUT2D eigenvalue weighted by Gasteiger charge is 2.08. The maximum atomic E-state index is 9.74. The van der Waals surface area contributed by atoms with Crippen molar-refractivity contribution >= 4 is 0 Å². The summed E-state index contributed by atoms with van der Waals surface area (Å²) in [4.78, 5) is 0. The molecule has 0 saturated carbocycles. The topological polar surface area (TPSA) is 52.5 Å². The maximum Gasteiger partial charge on any atom is 0.123 e. The number of nitrogens with one attached hydrogen (secondary N) is 1. The van der Waals surface area contributed by atoms with Crippen molar-refractivity contribution in [3.8, 4) is 5.75 Å². The van der Waals surface area contributed by atoms with E-state index in [9.17, 15) is 5.11 Å². The monoisotopic (exact) mass is 181 g/mol. The van der Waals surface area contributed by atoms with Crippen molar-refractivity contribution < 1.29 is 10.3 Å². The van der Waals surface area contributed by atoms with Gasteiger partial charge in [-0.2, -0.15) is 0 Å². The van der Waals surface area contributed by atoms with Crippen molar-refractivity contribution in [2.45, 2.75) is 26.3 Å². The van der Waals surface area contributed by atoms with E-state index in [0.717, 1.165) is 5.56 Å². The number of aromatic hydroxyl groups is 1. The SMILES string of the molecule is CC(C)c1cccc(CNO)c1O. The second-order valence-electron chi connectivity index (χ2n) is 3.34. The van der Waals surface area contributed by atoms with Gasteiger partial charge in [0.05, 0.1) is 0 Å². The average molecular weight is 181 g/mol. The highest BCUT2D eigenvalue weighted by Crippen LogP contribution is 2.28. The van der Waals surface area contributed by atoms with Crippen LogP contribution in [0.3, 0.4) is 0 Å². The van der Waals surface area contributed by atoms with Crippen LogP contribution in [0.15, 0.2) is 18.2 Å². The number of hydrogen-bond acceptors (Lipinski definition) is 3. The van der Waals surface area contributed by atoms with Gasteiger partial charge in [0.25, 0.3) is 0 Å². The number of phenols is 1. The molecule has 0 saturated heterocycles. The van der Waals surface area contributed by atoms with Gasteiger partial charge in [-0.1, -0.05) is 32.0 Å². The number of phenolic OH excluding ortho intramolecular Hbond substituents is 1. The molecule has 0 aliphatic rings. The third kappa shape index (κ3) is 2.20. The van der Waals surface area contributed by atoms with Gasteiger partial charge in [-0.3, -0.25) is 0 Å². The first-order valence-corrected chi connectivity index (χ1v) is 4.34. The second-order valence-corrected chi connectivity index (χ2v) is 3.34. The molecule has 0 amide bonds. The third-order valence-electron chi connectivity index (χ3n) is 2.04. The van der Waals surface area contributed by atoms with Gasteiger partial charge >= 0.3 is 0 Å². The van der Waals surface area contributed by atoms with E-state index in [4.69, 9.17) is 5.21 Å². The lowest BCUT2D eigenvalue weighted by Crippen LogP contribution is -2.07. The summed E-state index contributed by atoms with van der Waals surface area (Å²) < 4.78 is 0. The van der Waals surface area contributed by atoms with Gasteiger partial charge in [0.2, 0.25) is 0 Å². The van der Waals surface area contributed by atoms with E-state index in [1.165, 1.54) is 0 Å². The number of para-hydroxylation sites is 1. The molecule has 3 N–H and O–H groups in total. The molecule has 1 aromatic rings. The van der Waals surface area contributed by atoms with Crippen LogP contribution < -0.4 is 5.48 Å². The highest BCUT2D eigenvalue weighted by atomic mass is 16.5. The molecule has 0 unspecified atom stereocenters. The van der Waals surface area contributed by atoms with Gasteiger partial charge in [0.15, 0.2) is 0 Å². The van der Waals surface area contributed by atoms with Gasteiger partial charge < -0.3 is 10.3 Å². The van der Waals surface area contributed by atoms with E-state index in [1.54, 1.807) is 6.07 Å². The van der Waals surface area contributed by atoms with Crippen LogP contribution in [0.2, 0.25) is 0 Å². The Bertz CT molecular complexity index is 284. The molecular weight excluding hydrogens is 166 g/mol. The van der Waals surface area contributed by atoms with E-state index in [1.807, 2.05) is 31.5 Å². The van der Waals surface area contributed by atoms with Crippen molar-refractivity contribution in [3.05, 3.63) is 29.3 Å². The lowest BCUT2D eigenvalue weighted by Gasteiger charge is -2.11. The average Bonchev–Trinajstić information content (AvgIpc) is 2.08. The van der Waals surface area contributed by atoms with E-state index in [2.05, 4.69) is 0 Å². The summed E-state index contributed by atoms with van der Waals surface area (Å²) in [6.07, 6.45) is 0. The van der Waals surface area contributed by atoms with Crippen LogP contribution in [0.4, 0.5) is 0 Å². The molecule has 1 aromatic carbocycles. The van der Waals surface area contributed by atoms with Crippen LogP contribution >= 0.6 is 0 Å². The van der Waals surface area contributed by atoms with Crippen LogP contribution in [-0.4, -0.2) is 10.3 Å². The summed E-state index contributed by atoms with van der Waals surface area (Å²) in [5.41, 5.74) is 3.66. The summed E-state index contributed by atoms with van der Waals surface area (Å²) in [5, 5.41) is 18.3. The van der Waals surface area contributed by atoms with Crippen molar-refractivity contribution in [1.82, 2.24) is 5.48 Å². The minimum atomic E-state index is 0.270. The predicted molar refractivity (Wildman–Crippen MR) is 50.8 cm³/mol. The molecule has 0 fully saturated rings. The quantitative estimate of drug-likeness (QED) is 0.625. The van der Waals surface area contributed by atoms with Crippen LogP contribution in [0, 0.1) is 0 Å². The summed E-state index contributed by atoms with van der Waals surface area (Å²) >= 11 is 0. The van der Waals surface area contributed by atoms with E-state index < -0.39 is 0 Å². The zero-order valence-electron chi connectivity index (χ0n) is 7.91. The Hall–Kier alpha value is -1.06. The van der Waals surface area contributed by atoms with Crippen LogP contribution in [-0.2, 0) is 6.54 Å². The lowest BCUT2D eigenvalue weighted by molar-refractivity contribution is 0.160. The number of hydroxylamine groups is 1. The molecule has 0 radical (unpaired) electrons. The van der Waals surface area contributed by atoms with Crippen molar-refractivity contribution in [2.75, 3.05) is 0 Å². The Morgan fingerprint density at radius 1 is 1.38 bits per heavy atom. The largest absolute Gasteiger partial charge is 0.507 e. The molecule has 0 aliphatic carbocycles. The Balaban J connectivity index is 3.03. The number of hydrogen-bond donors (Lipinski definition) is 3. The van der Waals surface area contributed by atoms with E-state index in [-0.39, 0.29) is 12.3 Å². The van der Waals surface area contributed by atoms with Crippen molar-refractivity contribution in [1.29, 1.82) is 0 Å². The van der Waals surface area contributed by atoms with E-state index in [0.29, 0.717) is 11.5 Å². The van der Waals surface area contributed by atoms with Crippen LogP contribution in [0.1, 0.15) is 30.9 Å². The molecule has 1 rings (SSSR count). The number of benzene rings is 1. The molecule has 0 heterocycles. The Morgan fingerprint density at radius 2 is 2.08 bits per heavy atom. The Morgan fingerprint density at radius 3 is 2.62 bits per heavy atom. The first-order chi connectivity index (χ1) is 6.16. The zero-order valence-corrected chi connectivity index (χ0v) is 7.91. The minimum Gasteiger partial charge on any atom is -0.507 e. The fraction of sp³-hybridized carbons (Fsp3) is 0.400. The van der Waals surface area contributed by atoms with Crippen LogP contribution in [0.25, 0.3) is 0 Å². The van der Waals surface area contributed by atoms with Crippen molar-refractivity contribution in [3.63, 3.8) is 0 Å². The molecule has 3 nitrogen and oxygen atoms in total. The Kier molecular flexibility index (Phi) is 3.28. The number of rotatable bonds is 3. The molecular formula is C10H15NO2. The Labute approximate surface area is 78.0 Å². The van der Waals surface area contributed by atoms with E-state index >= 15 is 0 Å². The summed E-state index contributed by atoms with van der Waals surface area (Å²) in [7, 11) is 0. The van der Waals surface area contributed by atoms with Gasteiger partial charge in [-0.25, -0.2) is 5.48 Å². The maximum absolute atomic E-state index is 9.74.